The van der Waals surface area contributed by atoms with Crippen molar-refractivity contribution < 1.29 is 23.5 Å². The van der Waals surface area contributed by atoms with Gasteiger partial charge in [-0.05, 0) is 51.8 Å². The van der Waals surface area contributed by atoms with Crippen molar-refractivity contribution >= 4 is 12.1 Å². The number of ether oxygens (including phenoxy) is 2. The van der Waals surface area contributed by atoms with Crippen molar-refractivity contribution in [1.29, 1.82) is 0 Å². The summed E-state index contributed by atoms with van der Waals surface area (Å²) < 4.78 is 23.9. The molecule has 0 radical (unpaired) electrons. The first-order valence-corrected chi connectivity index (χ1v) is 8.61. The van der Waals surface area contributed by atoms with E-state index in [1.807, 2.05) is 20.8 Å². The quantitative estimate of drug-likeness (QED) is 0.779. The van der Waals surface area contributed by atoms with Gasteiger partial charge in [0.1, 0.15) is 11.4 Å². The first kappa shape index (κ1) is 19.2. The second-order valence-corrected chi connectivity index (χ2v) is 7.23. The second-order valence-electron chi connectivity index (χ2n) is 7.23. The number of carbonyl (C=O) groups excluding carboxylic acids is 2. The second kappa shape index (κ2) is 7.85. The average molecular weight is 351 g/mol. The zero-order chi connectivity index (χ0) is 18.6. The molecular weight excluding hydrogens is 325 g/mol. The Hall–Kier alpha value is -2.11. The molecule has 0 spiro atoms. The van der Waals surface area contributed by atoms with Crippen molar-refractivity contribution in [3.8, 4) is 0 Å². The third kappa shape index (κ3) is 5.18. The minimum Gasteiger partial charge on any atom is -0.466 e. The van der Waals surface area contributed by atoms with Gasteiger partial charge in [0.15, 0.2) is 0 Å². The molecule has 1 heterocycles. The summed E-state index contributed by atoms with van der Waals surface area (Å²) in [5.41, 5.74) is 0.230. The summed E-state index contributed by atoms with van der Waals surface area (Å²) in [5, 5.41) is 0. The molecule has 0 unspecified atom stereocenters. The van der Waals surface area contributed by atoms with E-state index in [1.165, 1.54) is 12.1 Å². The van der Waals surface area contributed by atoms with E-state index in [2.05, 4.69) is 0 Å². The van der Waals surface area contributed by atoms with E-state index in [1.54, 1.807) is 24.0 Å². The fraction of sp³-hybridized carbons (Fsp3) is 0.579. The van der Waals surface area contributed by atoms with Gasteiger partial charge in [-0.2, -0.15) is 0 Å². The normalized spacial score (nSPS) is 20.9. The molecule has 5 nitrogen and oxygen atoms in total. The van der Waals surface area contributed by atoms with E-state index < -0.39 is 11.7 Å². The molecule has 0 aromatic heterocycles. The molecule has 2 atom stereocenters. The Morgan fingerprint density at radius 2 is 1.88 bits per heavy atom. The predicted molar refractivity (Wildman–Crippen MR) is 91.7 cm³/mol. The third-order valence-corrected chi connectivity index (χ3v) is 4.15. The van der Waals surface area contributed by atoms with Crippen LogP contribution in [0.2, 0.25) is 0 Å². The van der Waals surface area contributed by atoms with Crippen LogP contribution in [-0.4, -0.2) is 42.3 Å². The Morgan fingerprint density at radius 3 is 2.44 bits per heavy atom. The maximum atomic E-state index is 13.2. The van der Waals surface area contributed by atoms with Crippen molar-refractivity contribution in [2.75, 3.05) is 19.7 Å². The van der Waals surface area contributed by atoms with E-state index in [4.69, 9.17) is 9.47 Å². The number of hydrogen-bond donors (Lipinski definition) is 0. The lowest BCUT2D eigenvalue weighted by molar-refractivity contribution is -0.150. The van der Waals surface area contributed by atoms with Gasteiger partial charge in [-0.3, -0.25) is 4.79 Å². The number of esters is 1. The van der Waals surface area contributed by atoms with E-state index in [-0.39, 0.29) is 23.6 Å². The van der Waals surface area contributed by atoms with E-state index in [0.717, 1.165) is 5.56 Å². The van der Waals surface area contributed by atoms with Crippen LogP contribution in [0, 0.1) is 11.7 Å². The highest BCUT2D eigenvalue weighted by atomic mass is 19.1. The molecule has 1 amide bonds. The predicted octanol–water partition coefficient (Wildman–Crippen LogP) is 3.73. The number of benzene rings is 1. The van der Waals surface area contributed by atoms with Crippen LogP contribution in [0.1, 0.15) is 45.6 Å². The number of halogens is 1. The lowest BCUT2D eigenvalue weighted by Crippen LogP contribution is -2.47. The minimum absolute atomic E-state index is 0.249. The Morgan fingerprint density at radius 1 is 1.24 bits per heavy atom. The summed E-state index contributed by atoms with van der Waals surface area (Å²) in [5.74, 6) is -1.22. The summed E-state index contributed by atoms with van der Waals surface area (Å²) in [6, 6.07) is 6.05. The van der Waals surface area contributed by atoms with E-state index in [9.17, 15) is 14.0 Å². The maximum absolute atomic E-state index is 13.2. The van der Waals surface area contributed by atoms with Crippen LogP contribution in [-0.2, 0) is 14.3 Å². The largest absolute Gasteiger partial charge is 0.466 e. The molecule has 138 valence electrons. The van der Waals surface area contributed by atoms with Crippen LogP contribution >= 0.6 is 0 Å². The SMILES string of the molecule is CCOC(=O)[C@H]1CCN(C(=O)OC(C)(C)C)C[C@@H]1c1ccc(F)cc1. The Labute approximate surface area is 148 Å². The van der Waals surface area contributed by atoms with Gasteiger partial charge in [-0.1, -0.05) is 12.1 Å². The van der Waals surface area contributed by atoms with Crippen LogP contribution in [0.25, 0.3) is 0 Å². The zero-order valence-corrected chi connectivity index (χ0v) is 15.3. The smallest absolute Gasteiger partial charge is 0.410 e. The molecule has 0 saturated carbocycles. The van der Waals surface area contributed by atoms with Crippen molar-refractivity contribution in [1.82, 2.24) is 4.90 Å². The molecule has 0 N–H and O–H groups in total. The van der Waals surface area contributed by atoms with Gasteiger partial charge in [-0.25, -0.2) is 9.18 Å². The van der Waals surface area contributed by atoms with Gasteiger partial charge in [0.25, 0.3) is 0 Å². The van der Waals surface area contributed by atoms with Gasteiger partial charge in [0.2, 0.25) is 0 Å². The molecule has 1 aromatic carbocycles. The number of piperidine rings is 1. The molecule has 2 rings (SSSR count). The van der Waals surface area contributed by atoms with E-state index >= 15 is 0 Å². The standard InChI is InChI=1S/C19H26FNO4/c1-5-24-17(22)15-10-11-21(18(23)25-19(2,3)4)12-16(15)13-6-8-14(20)9-7-13/h6-9,15-16H,5,10-12H2,1-4H3/t15-,16+/m0/s1. The molecule has 1 aliphatic heterocycles. The van der Waals surface area contributed by atoms with Crippen LogP contribution in [0.3, 0.4) is 0 Å². The average Bonchev–Trinajstić information content (AvgIpc) is 2.53. The van der Waals surface area contributed by atoms with E-state index in [0.29, 0.717) is 26.1 Å². The number of likely N-dealkylation sites (tertiary alicyclic amines) is 1. The molecule has 25 heavy (non-hydrogen) atoms. The first-order valence-electron chi connectivity index (χ1n) is 8.61. The lowest BCUT2D eigenvalue weighted by Gasteiger charge is -2.38. The van der Waals surface area contributed by atoms with Gasteiger partial charge < -0.3 is 14.4 Å². The first-order chi connectivity index (χ1) is 11.7. The third-order valence-electron chi connectivity index (χ3n) is 4.15. The van der Waals surface area contributed by atoms with Crippen LogP contribution in [0.5, 0.6) is 0 Å². The molecular formula is C19H26FNO4. The molecule has 1 saturated heterocycles. The van der Waals surface area contributed by atoms with Crippen LogP contribution in [0.4, 0.5) is 9.18 Å². The molecule has 1 aromatic rings. The monoisotopic (exact) mass is 351 g/mol. The van der Waals surface area contributed by atoms with Crippen LogP contribution in [0.15, 0.2) is 24.3 Å². The maximum Gasteiger partial charge on any atom is 0.410 e. The number of amides is 1. The highest BCUT2D eigenvalue weighted by Crippen LogP contribution is 2.34. The fourth-order valence-electron chi connectivity index (χ4n) is 3.02. The number of rotatable bonds is 3. The molecule has 0 bridgehead atoms. The van der Waals surface area contributed by atoms with Crippen molar-refractivity contribution in [3.05, 3.63) is 35.6 Å². The Kier molecular flexibility index (Phi) is 6.03. The van der Waals surface area contributed by atoms with Crippen LogP contribution < -0.4 is 0 Å². The lowest BCUT2D eigenvalue weighted by atomic mass is 9.81. The van der Waals surface area contributed by atoms with Crippen molar-refractivity contribution in [2.45, 2.75) is 45.6 Å². The Bertz CT molecular complexity index is 609. The van der Waals surface area contributed by atoms with Crippen molar-refractivity contribution in [2.24, 2.45) is 5.92 Å². The molecule has 1 aliphatic rings. The molecule has 0 aliphatic carbocycles. The Balaban J connectivity index is 2.21. The van der Waals surface area contributed by atoms with Crippen molar-refractivity contribution in [3.63, 3.8) is 0 Å². The summed E-state index contributed by atoms with van der Waals surface area (Å²) in [6.45, 7) is 8.27. The number of carbonyl (C=O) groups is 2. The zero-order valence-electron chi connectivity index (χ0n) is 15.3. The molecule has 6 heteroatoms. The number of hydrogen-bond acceptors (Lipinski definition) is 4. The minimum atomic E-state index is -0.583. The van der Waals surface area contributed by atoms with Gasteiger partial charge in [0, 0.05) is 19.0 Å². The summed E-state index contributed by atoms with van der Waals surface area (Å²) >= 11 is 0. The highest BCUT2D eigenvalue weighted by Gasteiger charge is 2.38. The highest BCUT2D eigenvalue weighted by molar-refractivity contribution is 5.75. The summed E-state index contributed by atoms with van der Waals surface area (Å²) in [4.78, 5) is 26.3. The number of nitrogens with zero attached hydrogens (tertiary/aromatic N) is 1. The van der Waals surface area contributed by atoms with Gasteiger partial charge >= 0.3 is 12.1 Å². The van der Waals surface area contributed by atoms with Gasteiger partial charge in [-0.15, -0.1) is 0 Å². The summed E-state index contributed by atoms with van der Waals surface area (Å²) in [7, 11) is 0. The summed E-state index contributed by atoms with van der Waals surface area (Å²) in [6.07, 6.45) is 0.0852. The molecule has 1 fully saturated rings. The topological polar surface area (TPSA) is 55.8 Å². The van der Waals surface area contributed by atoms with Gasteiger partial charge in [0.05, 0.1) is 12.5 Å². The fourth-order valence-corrected chi connectivity index (χ4v) is 3.02.